The molecule has 3 rings (SSSR count). The van der Waals surface area contributed by atoms with Crippen molar-refractivity contribution < 1.29 is 4.79 Å². The maximum Gasteiger partial charge on any atom is 0.230 e. The van der Waals surface area contributed by atoms with Gasteiger partial charge in [0.2, 0.25) is 5.91 Å². The Bertz CT molecular complexity index is 985. The SMILES string of the molecule is CCN(CC)c1ccc(-c2nnc(SCC(=O)NCc3cccc(Cl)c3)n2C)cc1. The van der Waals surface area contributed by atoms with Gasteiger partial charge < -0.3 is 14.8 Å². The van der Waals surface area contributed by atoms with Crippen molar-refractivity contribution in [3.8, 4) is 11.4 Å². The predicted molar refractivity (Wildman–Crippen MR) is 124 cm³/mol. The number of amides is 1. The average Bonchev–Trinajstić information content (AvgIpc) is 3.12. The van der Waals surface area contributed by atoms with Crippen LogP contribution < -0.4 is 10.2 Å². The number of rotatable bonds is 9. The van der Waals surface area contributed by atoms with Gasteiger partial charge in [-0.3, -0.25) is 4.79 Å². The summed E-state index contributed by atoms with van der Waals surface area (Å²) in [6.45, 7) is 6.69. The van der Waals surface area contributed by atoms with Gasteiger partial charge in [0.15, 0.2) is 11.0 Å². The summed E-state index contributed by atoms with van der Waals surface area (Å²) in [5, 5.41) is 12.8. The second kappa shape index (κ2) is 10.5. The largest absolute Gasteiger partial charge is 0.372 e. The van der Waals surface area contributed by atoms with E-state index in [9.17, 15) is 4.79 Å². The number of thioether (sulfide) groups is 1. The molecular weight excluding hydrogens is 418 g/mol. The predicted octanol–water partition coefficient (Wildman–Crippen LogP) is 4.39. The monoisotopic (exact) mass is 443 g/mol. The highest BCUT2D eigenvalue weighted by atomic mass is 35.5. The van der Waals surface area contributed by atoms with Crippen LogP contribution in [-0.2, 0) is 18.4 Å². The highest BCUT2D eigenvalue weighted by Crippen LogP contribution is 2.25. The van der Waals surface area contributed by atoms with Crippen LogP contribution in [0.3, 0.4) is 0 Å². The third-order valence-corrected chi connectivity index (χ3v) is 6.06. The molecule has 0 spiro atoms. The first-order valence-electron chi connectivity index (χ1n) is 9.90. The molecule has 8 heteroatoms. The molecular formula is C22H26ClN5OS. The minimum atomic E-state index is -0.0619. The van der Waals surface area contributed by atoms with Crippen LogP contribution >= 0.6 is 23.4 Å². The normalized spacial score (nSPS) is 10.8. The van der Waals surface area contributed by atoms with E-state index in [0.29, 0.717) is 16.7 Å². The number of hydrogen-bond acceptors (Lipinski definition) is 5. The molecule has 6 nitrogen and oxygen atoms in total. The zero-order valence-electron chi connectivity index (χ0n) is 17.4. The van der Waals surface area contributed by atoms with Crippen molar-refractivity contribution in [3.63, 3.8) is 0 Å². The van der Waals surface area contributed by atoms with Crippen molar-refractivity contribution in [1.82, 2.24) is 20.1 Å². The molecule has 0 saturated carbocycles. The first-order chi connectivity index (χ1) is 14.5. The Kier molecular flexibility index (Phi) is 7.76. The van der Waals surface area contributed by atoms with E-state index < -0.39 is 0 Å². The van der Waals surface area contributed by atoms with Crippen LogP contribution in [0.25, 0.3) is 11.4 Å². The van der Waals surface area contributed by atoms with Crippen molar-refractivity contribution in [1.29, 1.82) is 0 Å². The highest BCUT2D eigenvalue weighted by Gasteiger charge is 2.13. The van der Waals surface area contributed by atoms with Crippen LogP contribution in [0, 0.1) is 0 Å². The zero-order valence-corrected chi connectivity index (χ0v) is 19.0. The Morgan fingerprint density at radius 1 is 1.13 bits per heavy atom. The van der Waals surface area contributed by atoms with Gasteiger partial charge in [0.25, 0.3) is 0 Å². The zero-order chi connectivity index (χ0) is 21.5. The smallest absolute Gasteiger partial charge is 0.230 e. The summed E-state index contributed by atoms with van der Waals surface area (Å²) >= 11 is 7.34. The molecule has 1 aromatic heterocycles. The summed E-state index contributed by atoms with van der Waals surface area (Å²) in [6.07, 6.45) is 0. The van der Waals surface area contributed by atoms with Gasteiger partial charge in [-0.05, 0) is 55.8 Å². The number of hydrogen-bond donors (Lipinski definition) is 1. The van der Waals surface area contributed by atoms with E-state index >= 15 is 0 Å². The number of benzene rings is 2. The Labute approximate surface area is 186 Å². The number of halogens is 1. The molecule has 0 saturated heterocycles. The molecule has 3 aromatic rings. The molecule has 30 heavy (non-hydrogen) atoms. The van der Waals surface area contributed by atoms with Gasteiger partial charge in [-0.15, -0.1) is 10.2 Å². The summed E-state index contributed by atoms with van der Waals surface area (Å²) in [4.78, 5) is 14.5. The van der Waals surface area contributed by atoms with Crippen LogP contribution in [-0.4, -0.2) is 39.5 Å². The summed E-state index contributed by atoms with van der Waals surface area (Å²) in [7, 11) is 1.92. The lowest BCUT2D eigenvalue weighted by Crippen LogP contribution is -2.24. The number of nitrogens with zero attached hydrogens (tertiary/aromatic N) is 4. The van der Waals surface area contributed by atoms with Crippen LogP contribution in [0.4, 0.5) is 5.69 Å². The first kappa shape index (κ1) is 22.2. The number of nitrogens with one attached hydrogen (secondary N) is 1. The van der Waals surface area contributed by atoms with Crippen LogP contribution in [0.15, 0.2) is 53.7 Å². The van der Waals surface area contributed by atoms with Gasteiger partial charge in [-0.25, -0.2) is 0 Å². The molecule has 0 fully saturated rings. The molecule has 0 atom stereocenters. The molecule has 0 unspecified atom stereocenters. The van der Waals surface area contributed by atoms with E-state index in [4.69, 9.17) is 11.6 Å². The van der Waals surface area contributed by atoms with E-state index in [0.717, 1.165) is 30.0 Å². The Morgan fingerprint density at radius 2 is 1.87 bits per heavy atom. The van der Waals surface area contributed by atoms with E-state index in [1.165, 1.54) is 17.4 Å². The molecule has 2 aromatic carbocycles. The molecule has 0 bridgehead atoms. The first-order valence-corrected chi connectivity index (χ1v) is 11.3. The Hall–Kier alpha value is -2.51. The number of carbonyl (C=O) groups is 1. The Balaban J connectivity index is 1.58. The Morgan fingerprint density at radius 3 is 2.53 bits per heavy atom. The second-order valence-corrected chi connectivity index (χ2v) is 8.16. The van der Waals surface area contributed by atoms with Gasteiger partial charge in [0, 0.05) is 43.0 Å². The summed E-state index contributed by atoms with van der Waals surface area (Å²) in [6, 6.07) is 15.8. The summed E-state index contributed by atoms with van der Waals surface area (Å²) in [5.41, 5.74) is 3.16. The fourth-order valence-electron chi connectivity index (χ4n) is 3.13. The number of aromatic nitrogens is 3. The molecule has 1 amide bonds. The van der Waals surface area contributed by atoms with E-state index in [1.54, 1.807) is 0 Å². The van der Waals surface area contributed by atoms with Crippen LogP contribution in [0.5, 0.6) is 0 Å². The molecule has 1 heterocycles. The molecule has 0 aliphatic carbocycles. The fraction of sp³-hybridized carbons (Fsp3) is 0.318. The van der Waals surface area contributed by atoms with Crippen molar-refractivity contribution in [2.24, 2.45) is 7.05 Å². The van der Waals surface area contributed by atoms with Gasteiger partial charge >= 0.3 is 0 Å². The second-order valence-electron chi connectivity index (χ2n) is 6.78. The van der Waals surface area contributed by atoms with E-state index in [2.05, 4.69) is 58.5 Å². The molecule has 0 radical (unpaired) electrons. The number of carbonyl (C=O) groups excluding carboxylic acids is 1. The topological polar surface area (TPSA) is 63.1 Å². The molecule has 0 aliphatic rings. The summed E-state index contributed by atoms with van der Waals surface area (Å²) < 4.78 is 1.92. The van der Waals surface area contributed by atoms with E-state index in [1.807, 2.05) is 35.9 Å². The molecule has 0 aliphatic heterocycles. The highest BCUT2D eigenvalue weighted by molar-refractivity contribution is 7.99. The van der Waals surface area contributed by atoms with Gasteiger partial charge in [-0.1, -0.05) is 35.5 Å². The molecule has 158 valence electrons. The minimum absolute atomic E-state index is 0.0619. The fourth-order valence-corrected chi connectivity index (χ4v) is 4.08. The van der Waals surface area contributed by atoms with Crippen LogP contribution in [0.1, 0.15) is 19.4 Å². The van der Waals surface area contributed by atoms with Gasteiger partial charge in [-0.2, -0.15) is 0 Å². The lowest BCUT2D eigenvalue weighted by atomic mass is 10.2. The lowest BCUT2D eigenvalue weighted by molar-refractivity contribution is -0.118. The number of anilines is 1. The van der Waals surface area contributed by atoms with Crippen molar-refractivity contribution >= 4 is 35.0 Å². The third-order valence-electron chi connectivity index (χ3n) is 4.80. The maximum absolute atomic E-state index is 12.2. The minimum Gasteiger partial charge on any atom is -0.372 e. The summed E-state index contributed by atoms with van der Waals surface area (Å²) in [5.74, 6) is 0.990. The third kappa shape index (κ3) is 5.55. The average molecular weight is 444 g/mol. The molecule has 1 N–H and O–H groups in total. The lowest BCUT2D eigenvalue weighted by Gasteiger charge is -2.21. The van der Waals surface area contributed by atoms with Gasteiger partial charge in [0.05, 0.1) is 5.75 Å². The standard InChI is InChI=1S/C22H26ClN5OS/c1-4-28(5-2)19-11-9-17(10-12-19)21-25-26-22(27(21)3)30-15-20(29)24-14-16-7-6-8-18(23)13-16/h6-13H,4-5,14-15H2,1-3H3,(H,24,29). The van der Waals surface area contributed by atoms with Crippen LogP contribution in [0.2, 0.25) is 5.02 Å². The van der Waals surface area contributed by atoms with Crippen molar-refractivity contribution in [2.45, 2.75) is 25.5 Å². The van der Waals surface area contributed by atoms with Crippen molar-refractivity contribution in [3.05, 3.63) is 59.1 Å². The maximum atomic E-state index is 12.2. The van der Waals surface area contributed by atoms with Crippen molar-refractivity contribution in [2.75, 3.05) is 23.7 Å². The van der Waals surface area contributed by atoms with Gasteiger partial charge in [0.1, 0.15) is 0 Å². The van der Waals surface area contributed by atoms with E-state index in [-0.39, 0.29) is 11.7 Å². The quantitative estimate of drug-likeness (QED) is 0.497.